The van der Waals surface area contributed by atoms with Gasteiger partial charge in [-0.15, -0.1) is 0 Å². The van der Waals surface area contributed by atoms with Gasteiger partial charge in [-0.05, 0) is 6.07 Å². The third-order valence-corrected chi connectivity index (χ3v) is 4.13. The van der Waals surface area contributed by atoms with Crippen LogP contribution in [0.1, 0.15) is 12.0 Å². The highest BCUT2D eigenvalue weighted by molar-refractivity contribution is 7.93. The number of benzene rings is 1. The standard InChI is InChI=1S/C10H10F2N2O3S/c11-10(12)18(16,17)14-6-5-8(13-15)7-3-1-2-4-9(7)14/h1-4,10,15H,5-6H2. The summed E-state index contributed by atoms with van der Waals surface area (Å²) in [5, 5.41) is 11.9. The molecule has 1 aromatic carbocycles. The molecule has 1 N–H and O–H groups in total. The van der Waals surface area contributed by atoms with E-state index in [0.29, 0.717) is 9.87 Å². The first kappa shape index (κ1) is 12.7. The van der Waals surface area contributed by atoms with Crippen LogP contribution in [0.15, 0.2) is 29.4 Å². The molecule has 1 aliphatic heterocycles. The van der Waals surface area contributed by atoms with Gasteiger partial charge in [0.25, 0.3) is 10.0 Å². The molecular weight excluding hydrogens is 266 g/mol. The van der Waals surface area contributed by atoms with Crippen molar-refractivity contribution in [3.05, 3.63) is 29.8 Å². The van der Waals surface area contributed by atoms with Gasteiger partial charge in [-0.25, -0.2) is 8.42 Å². The van der Waals surface area contributed by atoms with E-state index in [9.17, 15) is 17.2 Å². The van der Waals surface area contributed by atoms with Crippen molar-refractivity contribution < 1.29 is 22.4 Å². The molecule has 0 bridgehead atoms. The topological polar surface area (TPSA) is 70.0 Å². The predicted molar refractivity (Wildman–Crippen MR) is 61.7 cm³/mol. The number of halogens is 2. The van der Waals surface area contributed by atoms with E-state index in [2.05, 4.69) is 5.16 Å². The molecule has 0 radical (unpaired) electrons. The van der Waals surface area contributed by atoms with E-state index in [4.69, 9.17) is 5.21 Å². The second-order valence-electron chi connectivity index (χ2n) is 3.69. The van der Waals surface area contributed by atoms with Crippen molar-refractivity contribution in [3.63, 3.8) is 0 Å². The van der Waals surface area contributed by atoms with Gasteiger partial charge in [0.1, 0.15) is 0 Å². The zero-order valence-electron chi connectivity index (χ0n) is 9.12. The van der Waals surface area contributed by atoms with Crippen molar-refractivity contribution in [3.8, 4) is 0 Å². The number of para-hydroxylation sites is 1. The van der Waals surface area contributed by atoms with Crippen LogP contribution >= 0.6 is 0 Å². The summed E-state index contributed by atoms with van der Waals surface area (Å²) in [6.45, 7) is -0.164. The van der Waals surface area contributed by atoms with Gasteiger partial charge in [-0.2, -0.15) is 8.78 Å². The molecule has 18 heavy (non-hydrogen) atoms. The maximum absolute atomic E-state index is 12.6. The van der Waals surface area contributed by atoms with Crippen LogP contribution in [0.5, 0.6) is 0 Å². The number of hydrogen-bond acceptors (Lipinski definition) is 4. The van der Waals surface area contributed by atoms with Crippen molar-refractivity contribution >= 4 is 21.4 Å². The number of anilines is 1. The molecule has 5 nitrogen and oxygen atoms in total. The third-order valence-electron chi connectivity index (χ3n) is 2.69. The van der Waals surface area contributed by atoms with E-state index >= 15 is 0 Å². The van der Waals surface area contributed by atoms with Gasteiger partial charge in [0.05, 0.1) is 11.4 Å². The lowest BCUT2D eigenvalue weighted by molar-refractivity contribution is 0.234. The van der Waals surface area contributed by atoms with E-state index in [1.165, 1.54) is 18.2 Å². The number of fused-ring (bicyclic) bond motifs is 1. The smallest absolute Gasteiger partial charge is 0.355 e. The number of oxime groups is 1. The minimum absolute atomic E-state index is 0.0828. The summed E-state index contributed by atoms with van der Waals surface area (Å²) in [6.07, 6.45) is 0.0828. The number of nitrogens with zero attached hydrogens (tertiary/aromatic N) is 2. The lowest BCUT2D eigenvalue weighted by atomic mass is 10.0. The molecule has 1 aromatic rings. The van der Waals surface area contributed by atoms with Gasteiger partial charge in [0.15, 0.2) is 0 Å². The molecule has 0 saturated heterocycles. The molecule has 2 rings (SSSR count). The largest absolute Gasteiger partial charge is 0.411 e. The second-order valence-corrected chi connectivity index (χ2v) is 5.52. The van der Waals surface area contributed by atoms with Crippen LogP contribution in [-0.4, -0.2) is 31.6 Å². The summed E-state index contributed by atoms with van der Waals surface area (Å²) < 4.78 is 48.8. The lowest BCUT2D eigenvalue weighted by Crippen LogP contribution is -2.40. The number of rotatable bonds is 2. The molecule has 1 aliphatic rings. The van der Waals surface area contributed by atoms with E-state index in [0.717, 1.165) is 0 Å². The van der Waals surface area contributed by atoms with Gasteiger partial charge < -0.3 is 5.21 Å². The molecule has 0 aromatic heterocycles. The van der Waals surface area contributed by atoms with Crippen LogP contribution in [0.2, 0.25) is 0 Å². The Hall–Kier alpha value is -1.70. The molecule has 0 aliphatic carbocycles. The summed E-state index contributed by atoms with van der Waals surface area (Å²) >= 11 is 0. The minimum atomic E-state index is -4.68. The fourth-order valence-electron chi connectivity index (χ4n) is 1.86. The average Bonchev–Trinajstić information content (AvgIpc) is 2.37. The summed E-state index contributed by atoms with van der Waals surface area (Å²) in [6, 6.07) is 6.08. The molecule has 1 heterocycles. The number of sulfonamides is 1. The Morgan fingerprint density at radius 2 is 2.00 bits per heavy atom. The number of hydrogen-bond donors (Lipinski definition) is 1. The molecule has 0 atom stereocenters. The molecule has 0 saturated carbocycles. The molecule has 0 fully saturated rings. The van der Waals surface area contributed by atoms with Crippen molar-refractivity contribution in [1.29, 1.82) is 0 Å². The first-order valence-electron chi connectivity index (χ1n) is 5.08. The normalized spacial score (nSPS) is 18.2. The van der Waals surface area contributed by atoms with Crippen molar-refractivity contribution in [2.45, 2.75) is 12.2 Å². The van der Waals surface area contributed by atoms with Crippen LogP contribution in [0, 0.1) is 0 Å². The molecule has 98 valence electrons. The average molecular weight is 276 g/mol. The van der Waals surface area contributed by atoms with E-state index in [1.54, 1.807) is 6.07 Å². The molecule has 0 unspecified atom stereocenters. The fraction of sp³-hybridized carbons (Fsp3) is 0.300. The van der Waals surface area contributed by atoms with E-state index in [1.807, 2.05) is 0 Å². The van der Waals surface area contributed by atoms with Crippen LogP contribution < -0.4 is 4.31 Å². The van der Waals surface area contributed by atoms with Gasteiger partial charge >= 0.3 is 5.76 Å². The van der Waals surface area contributed by atoms with Gasteiger partial charge in [0.2, 0.25) is 0 Å². The molecule has 0 spiro atoms. The summed E-state index contributed by atoms with van der Waals surface area (Å²) in [7, 11) is -4.68. The van der Waals surface area contributed by atoms with E-state index < -0.39 is 15.8 Å². The molecule has 0 amide bonds. The highest BCUT2D eigenvalue weighted by atomic mass is 32.2. The Labute approximate surface area is 102 Å². The maximum Gasteiger partial charge on any atom is 0.355 e. The summed E-state index contributed by atoms with van der Waals surface area (Å²) in [5.41, 5.74) is 0.735. The summed E-state index contributed by atoms with van der Waals surface area (Å²) in [4.78, 5) is 0. The Bertz CT molecular complexity index is 587. The maximum atomic E-state index is 12.6. The highest BCUT2D eigenvalue weighted by Gasteiger charge is 2.36. The Kier molecular flexibility index (Phi) is 3.20. The van der Waals surface area contributed by atoms with Crippen molar-refractivity contribution in [1.82, 2.24) is 0 Å². The monoisotopic (exact) mass is 276 g/mol. The Morgan fingerprint density at radius 1 is 1.33 bits per heavy atom. The highest BCUT2D eigenvalue weighted by Crippen LogP contribution is 2.31. The van der Waals surface area contributed by atoms with Gasteiger partial charge in [0, 0.05) is 18.5 Å². The minimum Gasteiger partial charge on any atom is -0.411 e. The van der Waals surface area contributed by atoms with Gasteiger partial charge in [-0.3, -0.25) is 4.31 Å². The fourth-order valence-corrected chi connectivity index (χ4v) is 2.83. The lowest BCUT2D eigenvalue weighted by Gasteiger charge is -2.30. The first-order chi connectivity index (χ1) is 8.48. The molecule has 8 heteroatoms. The van der Waals surface area contributed by atoms with Crippen LogP contribution in [0.25, 0.3) is 0 Å². The molecular formula is C10H10F2N2O3S. The van der Waals surface area contributed by atoms with Crippen LogP contribution in [0.4, 0.5) is 14.5 Å². The number of alkyl halides is 2. The summed E-state index contributed by atoms with van der Waals surface area (Å²) in [5.74, 6) is -3.47. The van der Waals surface area contributed by atoms with Crippen LogP contribution in [-0.2, 0) is 10.0 Å². The second kappa shape index (κ2) is 4.52. The van der Waals surface area contributed by atoms with Crippen LogP contribution in [0.3, 0.4) is 0 Å². The Morgan fingerprint density at radius 3 is 2.61 bits per heavy atom. The zero-order chi connectivity index (χ0) is 13.3. The predicted octanol–water partition coefficient (Wildman–Crippen LogP) is 1.63. The SMILES string of the molecule is O=S(=O)(C(F)F)N1CCC(=NO)c2ccccc21. The van der Waals surface area contributed by atoms with Crippen molar-refractivity contribution in [2.24, 2.45) is 5.16 Å². The Balaban J connectivity index is 2.56. The first-order valence-corrected chi connectivity index (χ1v) is 6.59. The van der Waals surface area contributed by atoms with Crippen molar-refractivity contribution in [2.75, 3.05) is 10.8 Å². The third kappa shape index (κ3) is 1.92. The van der Waals surface area contributed by atoms with E-state index in [-0.39, 0.29) is 24.4 Å². The quantitative estimate of drug-likeness (QED) is 0.659. The zero-order valence-corrected chi connectivity index (χ0v) is 9.94. The van der Waals surface area contributed by atoms with Gasteiger partial charge in [-0.1, -0.05) is 23.4 Å².